The van der Waals surface area contributed by atoms with E-state index >= 15 is 0 Å². The summed E-state index contributed by atoms with van der Waals surface area (Å²) in [5.74, 6) is 0.121. The van der Waals surface area contributed by atoms with E-state index < -0.39 is 0 Å². The van der Waals surface area contributed by atoms with Crippen LogP contribution in [-0.4, -0.2) is 44.7 Å². The molecule has 1 amide bonds. The second-order valence-electron chi connectivity index (χ2n) is 8.86. The van der Waals surface area contributed by atoms with Gasteiger partial charge in [0.05, 0.1) is 23.5 Å². The Kier molecular flexibility index (Phi) is 6.14. The van der Waals surface area contributed by atoms with Gasteiger partial charge in [-0.1, -0.05) is 42.8 Å². The van der Waals surface area contributed by atoms with Gasteiger partial charge in [0.1, 0.15) is 0 Å². The Labute approximate surface area is 187 Å². The van der Waals surface area contributed by atoms with Crippen LogP contribution in [0.5, 0.6) is 0 Å². The van der Waals surface area contributed by atoms with E-state index in [0.29, 0.717) is 42.8 Å². The van der Waals surface area contributed by atoms with Crippen LogP contribution >= 0.6 is 11.8 Å². The second kappa shape index (κ2) is 9.17. The molecule has 2 aromatic rings. The summed E-state index contributed by atoms with van der Waals surface area (Å²) in [4.78, 5) is 33.2. The topological polar surface area (TPSA) is 67.2 Å². The van der Waals surface area contributed by atoms with Crippen LogP contribution in [0, 0.1) is 0 Å². The van der Waals surface area contributed by atoms with Gasteiger partial charge in [0.25, 0.3) is 5.56 Å². The molecule has 7 heteroatoms. The number of nitrogens with zero attached hydrogens (tertiary/aromatic N) is 3. The predicted molar refractivity (Wildman–Crippen MR) is 123 cm³/mol. The molecule has 0 spiro atoms. The van der Waals surface area contributed by atoms with Gasteiger partial charge in [-0.25, -0.2) is 4.98 Å². The molecule has 6 nitrogen and oxygen atoms in total. The fourth-order valence-electron chi connectivity index (χ4n) is 4.34. The molecule has 31 heavy (non-hydrogen) atoms. The van der Waals surface area contributed by atoms with Crippen molar-refractivity contribution < 1.29 is 4.79 Å². The molecule has 2 aliphatic carbocycles. The van der Waals surface area contributed by atoms with Crippen LogP contribution < -0.4 is 10.9 Å². The summed E-state index contributed by atoms with van der Waals surface area (Å²) < 4.78 is 1.76. The summed E-state index contributed by atoms with van der Waals surface area (Å²) in [7, 11) is 0. The van der Waals surface area contributed by atoms with Gasteiger partial charge < -0.3 is 10.2 Å². The molecule has 0 unspecified atom stereocenters. The van der Waals surface area contributed by atoms with Gasteiger partial charge in [-0.15, -0.1) is 0 Å². The standard InChI is InChI=1S/C24H30N4O2S/c29-22(12-14-25-17-6-4-7-17)27-15-13-21-20(16-27)23(30)28(18-8-2-1-3-9-18)24(26-21)31-19-10-5-11-19/h1-3,8-9,17,19,25H,4-7,10-16H2. The average Bonchev–Trinajstić information content (AvgIpc) is 2.73. The van der Waals surface area contributed by atoms with Gasteiger partial charge in [0, 0.05) is 37.2 Å². The van der Waals surface area contributed by atoms with Crippen molar-refractivity contribution in [1.29, 1.82) is 0 Å². The lowest BCUT2D eigenvalue weighted by Crippen LogP contribution is -2.43. The number of fused-ring (bicyclic) bond motifs is 1. The molecule has 1 N–H and O–H groups in total. The molecule has 2 fully saturated rings. The number of carbonyl (C=O) groups excluding carboxylic acids is 1. The highest BCUT2D eigenvalue weighted by atomic mass is 32.2. The monoisotopic (exact) mass is 438 g/mol. The molecule has 3 aliphatic rings. The summed E-state index contributed by atoms with van der Waals surface area (Å²) in [6.45, 7) is 1.73. The highest BCUT2D eigenvalue weighted by molar-refractivity contribution is 7.99. The first-order chi connectivity index (χ1) is 15.2. The van der Waals surface area contributed by atoms with E-state index in [9.17, 15) is 9.59 Å². The van der Waals surface area contributed by atoms with Crippen LogP contribution in [0.2, 0.25) is 0 Å². The summed E-state index contributed by atoms with van der Waals surface area (Å²) >= 11 is 1.73. The number of para-hydroxylation sites is 1. The molecule has 5 rings (SSSR count). The Morgan fingerprint density at radius 1 is 1.13 bits per heavy atom. The second-order valence-corrected chi connectivity index (χ2v) is 10.1. The van der Waals surface area contributed by atoms with E-state index in [1.165, 1.54) is 38.5 Å². The quantitative estimate of drug-likeness (QED) is 0.672. The Morgan fingerprint density at radius 3 is 2.58 bits per heavy atom. The molecule has 0 radical (unpaired) electrons. The van der Waals surface area contributed by atoms with E-state index in [4.69, 9.17) is 4.98 Å². The Balaban J connectivity index is 1.38. The summed E-state index contributed by atoms with van der Waals surface area (Å²) in [6.07, 6.45) is 8.49. The third-order valence-corrected chi connectivity index (χ3v) is 8.06. The normalized spacial score (nSPS) is 18.9. The van der Waals surface area contributed by atoms with Crippen molar-refractivity contribution in [2.75, 3.05) is 13.1 Å². The number of hydrogen-bond donors (Lipinski definition) is 1. The van der Waals surface area contributed by atoms with Gasteiger partial charge in [-0.3, -0.25) is 14.2 Å². The maximum absolute atomic E-state index is 13.6. The number of carbonyl (C=O) groups is 1. The Morgan fingerprint density at radius 2 is 1.90 bits per heavy atom. The highest BCUT2D eigenvalue weighted by Gasteiger charge is 2.29. The summed E-state index contributed by atoms with van der Waals surface area (Å²) in [6, 6.07) is 10.4. The molecule has 2 saturated carbocycles. The number of rotatable bonds is 7. The molecule has 1 aliphatic heterocycles. The van der Waals surface area contributed by atoms with Crippen molar-refractivity contribution in [3.8, 4) is 5.69 Å². The van der Waals surface area contributed by atoms with Crippen molar-refractivity contribution in [1.82, 2.24) is 19.8 Å². The molecule has 0 saturated heterocycles. The minimum absolute atomic E-state index is 0.0249. The number of benzene rings is 1. The molecule has 1 aromatic carbocycles. The lowest BCUT2D eigenvalue weighted by atomic mass is 9.93. The predicted octanol–water partition coefficient (Wildman–Crippen LogP) is 3.29. The number of thioether (sulfide) groups is 1. The third-order valence-electron chi connectivity index (χ3n) is 6.77. The smallest absolute Gasteiger partial charge is 0.264 e. The van der Waals surface area contributed by atoms with Crippen LogP contribution in [0.15, 0.2) is 40.3 Å². The number of nitrogens with one attached hydrogen (secondary N) is 1. The molecule has 0 atom stereocenters. The van der Waals surface area contributed by atoms with Crippen LogP contribution in [0.25, 0.3) is 5.69 Å². The number of aromatic nitrogens is 2. The third kappa shape index (κ3) is 4.44. The zero-order valence-corrected chi connectivity index (χ0v) is 18.7. The summed E-state index contributed by atoms with van der Waals surface area (Å²) in [5, 5.41) is 4.80. The average molecular weight is 439 g/mol. The minimum Gasteiger partial charge on any atom is -0.338 e. The molecule has 164 valence electrons. The maximum Gasteiger partial charge on any atom is 0.264 e. The molecule has 1 aromatic heterocycles. The van der Waals surface area contributed by atoms with Crippen LogP contribution in [0.1, 0.15) is 56.2 Å². The fraction of sp³-hybridized carbons (Fsp3) is 0.542. The first kappa shape index (κ1) is 20.8. The molecular formula is C24H30N4O2S. The number of hydrogen-bond acceptors (Lipinski definition) is 5. The van der Waals surface area contributed by atoms with Crippen molar-refractivity contribution in [2.24, 2.45) is 0 Å². The van der Waals surface area contributed by atoms with E-state index in [1.807, 2.05) is 35.2 Å². The van der Waals surface area contributed by atoms with E-state index in [-0.39, 0.29) is 11.5 Å². The first-order valence-corrected chi connectivity index (χ1v) is 12.4. The van der Waals surface area contributed by atoms with Crippen molar-refractivity contribution >= 4 is 17.7 Å². The first-order valence-electron chi connectivity index (χ1n) is 11.6. The van der Waals surface area contributed by atoms with E-state index in [0.717, 1.165) is 23.1 Å². The van der Waals surface area contributed by atoms with Crippen molar-refractivity contribution in [3.05, 3.63) is 51.9 Å². The Bertz CT molecular complexity index is 999. The Hall–Kier alpha value is -2.12. The SMILES string of the molecule is O=C(CCNC1CCC1)N1CCc2nc(SC3CCC3)n(-c3ccccc3)c(=O)c2C1. The lowest BCUT2D eigenvalue weighted by molar-refractivity contribution is -0.132. The van der Waals surface area contributed by atoms with E-state index in [2.05, 4.69) is 5.32 Å². The number of amides is 1. The van der Waals surface area contributed by atoms with Crippen LogP contribution in [0.4, 0.5) is 0 Å². The van der Waals surface area contributed by atoms with Crippen molar-refractivity contribution in [2.45, 2.75) is 74.4 Å². The zero-order valence-electron chi connectivity index (χ0n) is 17.9. The van der Waals surface area contributed by atoms with Gasteiger partial charge in [-0.05, 0) is 37.8 Å². The largest absolute Gasteiger partial charge is 0.338 e. The van der Waals surface area contributed by atoms with E-state index in [1.54, 1.807) is 16.3 Å². The van der Waals surface area contributed by atoms with Crippen LogP contribution in [0.3, 0.4) is 0 Å². The van der Waals surface area contributed by atoms with Gasteiger partial charge in [0.2, 0.25) is 5.91 Å². The van der Waals surface area contributed by atoms with Gasteiger partial charge in [0.15, 0.2) is 5.16 Å². The van der Waals surface area contributed by atoms with Gasteiger partial charge >= 0.3 is 0 Å². The lowest BCUT2D eigenvalue weighted by Gasteiger charge is -2.31. The van der Waals surface area contributed by atoms with Gasteiger partial charge in [-0.2, -0.15) is 0 Å². The maximum atomic E-state index is 13.6. The minimum atomic E-state index is -0.0249. The van der Waals surface area contributed by atoms with Crippen molar-refractivity contribution in [3.63, 3.8) is 0 Å². The molecule has 2 heterocycles. The fourth-order valence-corrected chi connectivity index (χ4v) is 5.67. The summed E-state index contributed by atoms with van der Waals surface area (Å²) in [5.41, 5.74) is 2.37. The molecular weight excluding hydrogens is 408 g/mol. The molecule has 0 bridgehead atoms. The zero-order chi connectivity index (χ0) is 21.2. The van der Waals surface area contributed by atoms with Crippen LogP contribution in [-0.2, 0) is 17.8 Å². The highest BCUT2D eigenvalue weighted by Crippen LogP contribution is 2.36.